The number of aromatic nitrogens is 4. The Morgan fingerprint density at radius 2 is 1.97 bits per heavy atom. The molecular formula is C16H16BrFN6O5S. The molecule has 1 aliphatic rings. The third-order valence-corrected chi connectivity index (χ3v) is 6.64. The fraction of sp³-hybridized carbons (Fsp3) is 0.375. The predicted molar refractivity (Wildman–Crippen MR) is 106 cm³/mol. The molecule has 4 rings (SSSR count). The summed E-state index contributed by atoms with van der Waals surface area (Å²) in [5.41, 5.74) is 0.437. The summed E-state index contributed by atoms with van der Waals surface area (Å²) in [6, 6.07) is 3.90. The van der Waals surface area contributed by atoms with Gasteiger partial charge in [-0.15, -0.1) is 0 Å². The van der Waals surface area contributed by atoms with Gasteiger partial charge in [0.25, 0.3) is 0 Å². The van der Waals surface area contributed by atoms with E-state index in [9.17, 15) is 17.6 Å². The summed E-state index contributed by atoms with van der Waals surface area (Å²) in [7, 11) is -3.23. The van der Waals surface area contributed by atoms with Gasteiger partial charge in [-0.1, -0.05) is 5.16 Å². The van der Waals surface area contributed by atoms with Gasteiger partial charge in [0.1, 0.15) is 5.82 Å². The third kappa shape index (κ3) is 4.02. The zero-order chi connectivity index (χ0) is 21.5. The first-order valence-electron chi connectivity index (χ1n) is 8.83. The lowest BCUT2D eigenvalue weighted by atomic mass is 10.1. The van der Waals surface area contributed by atoms with E-state index in [4.69, 9.17) is 9.15 Å². The Balaban J connectivity index is 1.60. The van der Waals surface area contributed by atoms with Crippen LogP contribution in [-0.4, -0.2) is 58.1 Å². The smallest absolute Gasteiger partial charge is 0.362 e. The van der Waals surface area contributed by atoms with Crippen molar-refractivity contribution < 1.29 is 22.0 Å². The third-order valence-electron chi connectivity index (χ3n) is 4.73. The normalized spacial score (nSPS) is 16.1. The number of hydrogen-bond acceptors (Lipinski definition) is 9. The molecule has 30 heavy (non-hydrogen) atoms. The van der Waals surface area contributed by atoms with Crippen molar-refractivity contribution in [3.05, 3.63) is 39.0 Å². The van der Waals surface area contributed by atoms with Crippen LogP contribution in [-0.2, 0) is 10.0 Å². The molecule has 0 unspecified atom stereocenters. The van der Waals surface area contributed by atoms with Crippen molar-refractivity contribution in [2.24, 2.45) is 0 Å². The molecule has 2 aromatic heterocycles. The fourth-order valence-electron chi connectivity index (χ4n) is 3.21. The van der Waals surface area contributed by atoms with E-state index >= 15 is 0 Å². The lowest BCUT2D eigenvalue weighted by molar-refractivity contribution is 0.306. The van der Waals surface area contributed by atoms with E-state index in [1.165, 1.54) is 28.8 Å². The SMILES string of the molecule is CS(=O)(=O)N1CCC(Nc2nonc2-c2noc(=O)n2-c2ccc(F)c(Br)c2)CC1. The van der Waals surface area contributed by atoms with Crippen LogP contribution in [0.3, 0.4) is 0 Å². The van der Waals surface area contributed by atoms with E-state index < -0.39 is 21.6 Å². The van der Waals surface area contributed by atoms with Gasteiger partial charge in [-0.3, -0.25) is 4.52 Å². The van der Waals surface area contributed by atoms with Crippen molar-refractivity contribution in [1.29, 1.82) is 0 Å². The molecule has 1 aromatic carbocycles. The molecule has 1 aliphatic heterocycles. The number of rotatable bonds is 5. The van der Waals surface area contributed by atoms with Crippen LogP contribution in [0.4, 0.5) is 10.2 Å². The summed E-state index contributed by atoms with van der Waals surface area (Å²) in [6.07, 6.45) is 2.28. The second kappa shape index (κ2) is 7.92. The minimum absolute atomic E-state index is 0.0239. The summed E-state index contributed by atoms with van der Waals surface area (Å²) in [6.45, 7) is 0.741. The van der Waals surface area contributed by atoms with Crippen molar-refractivity contribution in [2.45, 2.75) is 18.9 Å². The molecule has 0 atom stereocenters. The Labute approximate surface area is 178 Å². The molecule has 1 saturated heterocycles. The van der Waals surface area contributed by atoms with Gasteiger partial charge in [0.05, 0.1) is 16.4 Å². The number of nitrogens with zero attached hydrogens (tertiary/aromatic N) is 5. The molecule has 0 radical (unpaired) electrons. The van der Waals surface area contributed by atoms with Gasteiger partial charge in [-0.2, -0.15) is 0 Å². The maximum Gasteiger partial charge on any atom is 0.446 e. The molecule has 160 valence electrons. The quantitative estimate of drug-likeness (QED) is 0.551. The van der Waals surface area contributed by atoms with Gasteiger partial charge in [0.2, 0.25) is 21.7 Å². The van der Waals surface area contributed by atoms with Gasteiger partial charge < -0.3 is 5.32 Å². The van der Waals surface area contributed by atoms with Gasteiger partial charge in [-0.25, -0.2) is 31.1 Å². The highest BCUT2D eigenvalue weighted by molar-refractivity contribution is 9.10. The van der Waals surface area contributed by atoms with Crippen molar-refractivity contribution in [1.82, 2.24) is 24.3 Å². The van der Waals surface area contributed by atoms with E-state index in [-0.39, 0.29) is 27.9 Å². The van der Waals surface area contributed by atoms with Crippen molar-refractivity contribution in [2.75, 3.05) is 24.7 Å². The van der Waals surface area contributed by atoms with E-state index in [1.807, 2.05) is 0 Å². The Kier molecular flexibility index (Phi) is 5.46. The maximum absolute atomic E-state index is 13.6. The van der Waals surface area contributed by atoms with Crippen LogP contribution in [0.2, 0.25) is 0 Å². The molecule has 3 aromatic rings. The van der Waals surface area contributed by atoms with Crippen LogP contribution >= 0.6 is 15.9 Å². The van der Waals surface area contributed by atoms with E-state index in [0.717, 1.165) is 4.57 Å². The first-order valence-corrected chi connectivity index (χ1v) is 11.5. The van der Waals surface area contributed by atoms with Gasteiger partial charge >= 0.3 is 5.76 Å². The molecule has 11 nitrogen and oxygen atoms in total. The van der Waals surface area contributed by atoms with Crippen LogP contribution < -0.4 is 11.1 Å². The highest BCUT2D eigenvalue weighted by Crippen LogP contribution is 2.27. The van der Waals surface area contributed by atoms with Crippen molar-refractivity contribution >= 4 is 31.8 Å². The van der Waals surface area contributed by atoms with Gasteiger partial charge in [0, 0.05) is 19.1 Å². The number of nitrogens with one attached hydrogen (secondary N) is 1. The molecule has 0 spiro atoms. The Morgan fingerprint density at radius 1 is 1.23 bits per heavy atom. The Bertz CT molecular complexity index is 1230. The molecule has 1 N–H and O–H groups in total. The minimum Gasteiger partial charge on any atom is -0.362 e. The van der Waals surface area contributed by atoms with Crippen molar-refractivity contribution in [3.63, 3.8) is 0 Å². The highest BCUT2D eigenvalue weighted by Gasteiger charge is 2.28. The van der Waals surface area contributed by atoms with Crippen LogP contribution in [0.1, 0.15) is 12.8 Å². The van der Waals surface area contributed by atoms with E-state index in [2.05, 4.69) is 36.7 Å². The number of hydrogen-bond donors (Lipinski definition) is 1. The molecule has 3 heterocycles. The number of benzene rings is 1. The minimum atomic E-state index is -3.23. The monoisotopic (exact) mass is 502 g/mol. The van der Waals surface area contributed by atoms with E-state index in [1.54, 1.807) is 0 Å². The Morgan fingerprint density at radius 3 is 2.63 bits per heavy atom. The molecule has 0 aliphatic carbocycles. The molecular weight excluding hydrogens is 487 g/mol. The van der Waals surface area contributed by atoms with Crippen LogP contribution in [0.15, 0.2) is 36.6 Å². The summed E-state index contributed by atoms with van der Waals surface area (Å²) < 4.78 is 49.2. The highest BCUT2D eigenvalue weighted by atomic mass is 79.9. The number of piperidine rings is 1. The summed E-state index contributed by atoms with van der Waals surface area (Å²) in [5.74, 6) is -1.03. The first kappa shape index (κ1) is 20.7. The zero-order valence-corrected chi connectivity index (χ0v) is 18.0. The fourth-order valence-corrected chi connectivity index (χ4v) is 4.45. The van der Waals surface area contributed by atoms with Crippen LogP contribution in [0.25, 0.3) is 17.2 Å². The molecule has 14 heteroatoms. The van der Waals surface area contributed by atoms with Crippen LogP contribution in [0, 0.1) is 5.82 Å². The van der Waals surface area contributed by atoms with Gasteiger partial charge in [0.15, 0.2) is 5.69 Å². The molecule has 0 amide bonds. The average molecular weight is 503 g/mol. The lowest BCUT2D eigenvalue weighted by Gasteiger charge is -2.30. The van der Waals surface area contributed by atoms with Crippen molar-refractivity contribution in [3.8, 4) is 17.2 Å². The topological polar surface area (TPSA) is 136 Å². The van der Waals surface area contributed by atoms with E-state index in [0.29, 0.717) is 31.6 Å². The van der Waals surface area contributed by atoms with Gasteiger partial charge in [-0.05, 0) is 57.3 Å². The molecule has 0 bridgehead atoms. The molecule has 1 fully saturated rings. The van der Waals surface area contributed by atoms with Crippen LogP contribution in [0.5, 0.6) is 0 Å². The number of anilines is 1. The predicted octanol–water partition coefficient (Wildman–Crippen LogP) is 1.61. The summed E-state index contributed by atoms with van der Waals surface area (Å²) >= 11 is 3.08. The largest absolute Gasteiger partial charge is 0.446 e. The summed E-state index contributed by atoms with van der Waals surface area (Å²) in [4.78, 5) is 12.2. The molecule has 0 saturated carbocycles. The Hall–Kier alpha value is -2.58. The first-order chi connectivity index (χ1) is 14.2. The number of sulfonamides is 1. The lowest BCUT2D eigenvalue weighted by Crippen LogP contribution is -2.41. The zero-order valence-electron chi connectivity index (χ0n) is 15.6. The number of halogens is 2. The standard InChI is InChI=1S/C16H16BrFN6O5S/c1-30(26,27)23-6-4-9(5-7-23)19-14-13(20-29-21-14)15-22-28-16(25)24(15)10-2-3-12(18)11(17)8-10/h2-3,8-9H,4-7H2,1H3,(H,19,21). The second-order valence-corrected chi connectivity index (χ2v) is 9.58. The summed E-state index contributed by atoms with van der Waals surface area (Å²) in [5, 5.41) is 14.6. The second-order valence-electron chi connectivity index (χ2n) is 6.75. The average Bonchev–Trinajstić information content (AvgIpc) is 3.30. The maximum atomic E-state index is 13.6.